The van der Waals surface area contributed by atoms with Crippen LogP contribution in [0, 0.1) is 16.7 Å². The van der Waals surface area contributed by atoms with Crippen LogP contribution in [-0.4, -0.2) is 40.1 Å². The predicted octanol–water partition coefficient (Wildman–Crippen LogP) is 5.08. The van der Waals surface area contributed by atoms with Crippen LogP contribution in [0.5, 0.6) is 0 Å². The lowest BCUT2D eigenvalue weighted by Gasteiger charge is -2.49. The van der Waals surface area contributed by atoms with Crippen LogP contribution in [0.4, 0.5) is 0 Å². The van der Waals surface area contributed by atoms with Gasteiger partial charge in [-0.15, -0.1) is 0 Å². The Morgan fingerprint density at radius 2 is 1.30 bits per heavy atom. The summed E-state index contributed by atoms with van der Waals surface area (Å²) in [5, 5.41) is 0. The molecule has 0 spiro atoms. The monoisotopic (exact) mass is 328 g/mol. The molecule has 1 fully saturated rings. The third-order valence-corrected chi connectivity index (χ3v) is 6.30. The van der Waals surface area contributed by atoms with Crippen molar-refractivity contribution in [2.45, 2.75) is 78.7 Å². The molecule has 0 aliphatic heterocycles. The zero-order valence-electron chi connectivity index (χ0n) is 16.5. The van der Waals surface area contributed by atoms with Gasteiger partial charge in [0.05, 0.1) is 25.9 Å². The van der Waals surface area contributed by atoms with Gasteiger partial charge in [0.1, 0.15) is 0 Å². The summed E-state index contributed by atoms with van der Waals surface area (Å²) in [6, 6.07) is 0. The van der Waals surface area contributed by atoms with E-state index >= 15 is 0 Å². The Bertz CT molecular complexity index is 298. The molecule has 0 aromatic carbocycles. The van der Waals surface area contributed by atoms with Gasteiger partial charge in [-0.25, -0.2) is 0 Å². The third-order valence-electron chi connectivity index (χ3n) is 6.30. The zero-order chi connectivity index (χ0) is 17.3. The van der Waals surface area contributed by atoms with E-state index < -0.39 is 0 Å². The van der Waals surface area contributed by atoms with E-state index in [1.54, 1.807) is 14.2 Å². The van der Waals surface area contributed by atoms with Crippen LogP contribution < -0.4 is 0 Å². The fraction of sp³-hybridized carbons (Fsp3) is 1.00. The van der Waals surface area contributed by atoms with Gasteiger partial charge in [0.15, 0.2) is 0 Å². The van der Waals surface area contributed by atoms with E-state index in [1.165, 1.54) is 44.9 Å². The van der Waals surface area contributed by atoms with Crippen molar-refractivity contribution >= 4 is 0 Å². The minimum Gasteiger partial charge on any atom is -0.384 e. The summed E-state index contributed by atoms with van der Waals surface area (Å²) in [6.07, 6.45) is 9.55. The minimum absolute atomic E-state index is 0.0840. The fourth-order valence-electron chi connectivity index (χ4n) is 3.71. The smallest absolute Gasteiger partial charge is 0.0575 e. The molecule has 0 atom stereocenters. The molecule has 0 saturated heterocycles. The third kappa shape index (κ3) is 5.72. The van der Waals surface area contributed by atoms with Gasteiger partial charge in [0.2, 0.25) is 0 Å². The number of hydrogen-bond donors (Lipinski definition) is 0. The number of ether oxygens (including phenoxy) is 3. The summed E-state index contributed by atoms with van der Waals surface area (Å²) in [6.45, 7) is 11.3. The Kier molecular flexibility index (Phi) is 9.10. The number of hydrogen-bond acceptors (Lipinski definition) is 3. The van der Waals surface area contributed by atoms with Crippen LogP contribution >= 0.6 is 0 Å². The number of rotatable bonds is 9. The summed E-state index contributed by atoms with van der Waals surface area (Å²) in [7, 11) is 3.58. The Balaban J connectivity index is 2.82. The first-order valence-corrected chi connectivity index (χ1v) is 9.49. The summed E-state index contributed by atoms with van der Waals surface area (Å²) >= 11 is 0. The van der Waals surface area contributed by atoms with E-state index in [1.807, 2.05) is 0 Å². The molecule has 0 N–H and O–H groups in total. The summed E-state index contributed by atoms with van der Waals surface area (Å²) in [5.41, 5.74) is -0.0202. The van der Waals surface area contributed by atoms with Crippen molar-refractivity contribution in [1.82, 2.24) is 0 Å². The lowest BCUT2D eigenvalue weighted by molar-refractivity contribution is -0.144. The second-order valence-electron chi connectivity index (χ2n) is 8.30. The quantitative estimate of drug-likeness (QED) is 0.591. The van der Waals surface area contributed by atoms with Gasteiger partial charge in [0.25, 0.3) is 0 Å². The van der Waals surface area contributed by atoms with Gasteiger partial charge in [-0.1, -0.05) is 59.8 Å². The largest absolute Gasteiger partial charge is 0.384 e. The van der Waals surface area contributed by atoms with Crippen molar-refractivity contribution in [1.29, 1.82) is 0 Å². The summed E-state index contributed by atoms with van der Waals surface area (Å²) in [5.74, 6) is 0.536. The lowest BCUT2D eigenvalue weighted by Crippen LogP contribution is -2.51. The Hall–Kier alpha value is -0.120. The van der Waals surface area contributed by atoms with Crippen LogP contribution in [0.1, 0.15) is 72.6 Å². The maximum Gasteiger partial charge on any atom is 0.0575 e. The molecule has 0 bridgehead atoms. The summed E-state index contributed by atoms with van der Waals surface area (Å²) in [4.78, 5) is 0. The highest BCUT2D eigenvalue weighted by Gasteiger charge is 2.47. The van der Waals surface area contributed by atoms with E-state index in [2.05, 4.69) is 27.7 Å². The van der Waals surface area contributed by atoms with Crippen molar-refractivity contribution < 1.29 is 14.2 Å². The molecule has 0 radical (unpaired) electrons. The van der Waals surface area contributed by atoms with E-state index in [0.717, 1.165) is 6.61 Å². The topological polar surface area (TPSA) is 27.7 Å². The maximum absolute atomic E-state index is 6.47. The Morgan fingerprint density at radius 1 is 0.826 bits per heavy atom. The molecule has 0 amide bonds. The van der Waals surface area contributed by atoms with Gasteiger partial charge >= 0.3 is 0 Å². The summed E-state index contributed by atoms with van der Waals surface area (Å²) < 4.78 is 17.7. The maximum atomic E-state index is 6.47. The molecule has 0 unspecified atom stereocenters. The molecule has 1 saturated carbocycles. The van der Waals surface area contributed by atoms with Crippen LogP contribution in [0.15, 0.2) is 0 Å². The first-order chi connectivity index (χ1) is 10.9. The molecule has 1 aliphatic carbocycles. The Morgan fingerprint density at radius 3 is 1.74 bits per heavy atom. The molecule has 3 heteroatoms. The number of methoxy groups -OCH3 is 2. The van der Waals surface area contributed by atoms with Crippen molar-refractivity contribution in [3.8, 4) is 0 Å². The first-order valence-electron chi connectivity index (χ1n) is 9.49. The molecular formula is C20H40O3. The molecule has 0 aromatic heterocycles. The van der Waals surface area contributed by atoms with Crippen LogP contribution in [0.25, 0.3) is 0 Å². The first kappa shape index (κ1) is 20.9. The second kappa shape index (κ2) is 10.0. The lowest BCUT2D eigenvalue weighted by atomic mass is 9.61. The van der Waals surface area contributed by atoms with Crippen LogP contribution in [0.3, 0.4) is 0 Å². The highest BCUT2D eigenvalue weighted by molar-refractivity contribution is 4.95. The molecule has 0 aromatic rings. The standard InChI is InChI=1S/C20H40O3/c1-17(2)19(3,4)20(14-21-5,15-22-6)16-23-18-12-10-8-7-9-11-13-18/h17-18H,7-16H2,1-6H3. The second-order valence-corrected chi connectivity index (χ2v) is 8.30. The van der Waals surface area contributed by atoms with Gasteiger partial charge in [-0.3, -0.25) is 0 Å². The molecule has 0 heterocycles. The van der Waals surface area contributed by atoms with E-state index in [-0.39, 0.29) is 10.8 Å². The van der Waals surface area contributed by atoms with Gasteiger partial charge in [-0.05, 0) is 24.2 Å². The van der Waals surface area contributed by atoms with Crippen molar-refractivity contribution in [3.63, 3.8) is 0 Å². The normalized spacial score (nSPS) is 18.9. The Labute approximate surface area is 144 Å². The van der Waals surface area contributed by atoms with E-state index in [0.29, 0.717) is 25.2 Å². The highest BCUT2D eigenvalue weighted by atomic mass is 16.5. The molecule has 23 heavy (non-hydrogen) atoms. The molecule has 1 aliphatic rings. The molecule has 1 rings (SSSR count). The fourth-order valence-corrected chi connectivity index (χ4v) is 3.71. The molecular weight excluding hydrogens is 288 g/mol. The zero-order valence-corrected chi connectivity index (χ0v) is 16.5. The molecule has 138 valence electrons. The van der Waals surface area contributed by atoms with Crippen LogP contribution in [0.2, 0.25) is 0 Å². The predicted molar refractivity (Wildman–Crippen MR) is 96.9 cm³/mol. The van der Waals surface area contributed by atoms with E-state index in [4.69, 9.17) is 14.2 Å². The SMILES string of the molecule is COCC(COC)(COC1CCCCCCC1)C(C)(C)C(C)C. The molecule has 3 nitrogen and oxygen atoms in total. The minimum atomic E-state index is -0.104. The van der Waals surface area contributed by atoms with E-state index in [9.17, 15) is 0 Å². The van der Waals surface area contributed by atoms with Crippen molar-refractivity contribution in [2.75, 3.05) is 34.0 Å². The average Bonchev–Trinajstić information content (AvgIpc) is 2.45. The van der Waals surface area contributed by atoms with Crippen molar-refractivity contribution in [2.24, 2.45) is 16.7 Å². The van der Waals surface area contributed by atoms with Crippen molar-refractivity contribution in [3.05, 3.63) is 0 Å². The highest BCUT2D eigenvalue weighted by Crippen LogP contribution is 2.46. The van der Waals surface area contributed by atoms with Gasteiger partial charge in [0, 0.05) is 19.6 Å². The average molecular weight is 329 g/mol. The van der Waals surface area contributed by atoms with Gasteiger partial charge < -0.3 is 14.2 Å². The van der Waals surface area contributed by atoms with Crippen LogP contribution in [-0.2, 0) is 14.2 Å². The van der Waals surface area contributed by atoms with Gasteiger partial charge in [-0.2, -0.15) is 0 Å².